The summed E-state index contributed by atoms with van der Waals surface area (Å²) in [6.07, 6.45) is 0.537. The van der Waals surface area contributed by atoms with Gasteiger partial charge < -0.3 is 4.74 Å². The Kier molecular flexibility index (Phi) is 5.19. The topological polar surface area (TPSA) is 26.3 Å². The Morgan fingerprint density at radius 2 is 1.95 bits per heavy atom. The van der Waals surface area contributed by atoms with Gasteiger partial charge in [-0.25, -0.2) is 0 Å². The predicted octanol–water partition coefficient (Wildman–Crippen LogP) is 5.02. The van der Waals surface area contributed by atoms with Crippen molar-refractivity contribution in [2.45, 2.75) is 41.0 Å². The quantitative estimate of drug-likeness (QED) is 0.726. The summed E-state index contributed by atoms with van der Waals surface area (Å²) >= 11 is 3.48. The molecule has 0 N–H and O–H groups in total. The molecule has 0 fully saturated rings. The van der Waals surface area contributed by atoms with E-state index in [0.29, 0.717) is 23.7 Å². The van der Waals surface area contributed by atoms with Crippen molar-refractivity contribution in [2.75, 3.05) is 7.11 Å². The lowest BCUT2D eigenvalue weighted by molar-refractivity contribution is 0.0924. The summed E-state index contributed by atoms with van der Waals surface area (Å²) < 4.78 is 6.27. The standard InChI is InChI=1S/C16H23BrO2/c1-10-7-15(19-6)12(9-13(10)17)14(18)8-11(2)16(3,4)5/h7,9,11H,8H2,1-6H3. The number of hydrogen-bond acceptors (Lipinski definition) is 2. The summed E-state index contributed by atoms with van der Waals surface area (Å²) in [5, 5.41) is 0. The average molecular weight is 327 g/mol. The Morgan fingerprint density at radius 1 is 1.37 bits per heavy atom. The van der Waals surface area contributed by atoms with E-state index in [0.717, 1.165) is 10.0 Å². The van der Waals surface area contributed by atoms with Crippen molar-refractivity contribution >= 4 is 21.7 Å². The van der Waals surface area contributed by atoms with E-state index in [1.807, 2.05) is 19.1 Å². The normalized spacial score (nSPS) is 13.2. The van der Waals surface area contributed by atoms with Crippen LogP contribution in [0.2, 0.25) is 0 Å². The van der Waals surface area contributed by atoms with Crippen LogP contribution in [0.4, 0.5) is 0 Å². The van der Waals surface area contributed by atoms with Crippen LogP contribution < -0.4 is 4.74 Å². The highest BCUT2D eigenvalue weighted by atomic mass is 79.9. The number of halogens is 1. The van der Waals surface area contributed by atoms with E-state index in [1.54, 1.807) is 7.11 Å². The van der Waals surface area contributed by atoms with Gasteiger partial charge in [-0.2, -0.15) is 0 Å². The maximum absolute atomic E-state index is 12.4. The molecule has 0 amide bonds. The first-order valence-corrected chi connectivity index (χ1v) is 7.33. The maximum Gasteiger partial charge on any atom is 0.166 e. The highest BCUT2D eigenvalue weighted by molar-refractivity contribution is 9.10. The molecule has 0 saturated heterocycles. The van der Waals surface area contributed by atoms with E-state index in [2.05, 4.69) is 43.6 Å². The molecular formula is C16H23BrO2. The first-order valence-electron chi connectivity index (χ1n) is 6.54. The van der Waals surface area contributed by atoms with Crippen LogP contribution in [0.25, 0.3) is 0 Å². The minimum atomic E-state index is 0.130. The Labute approximate surface area is 124 Å². The van der Waals surface area contributed by atoms with Crippen molar-refractivity contribution < 1.29 is 9.53 Å². The van der Waals surface area contributed by atoms with Crippen molar-refractivity contribution in [3.8, 4) is 5.75 Å². The number of carbonyl (C=O) groups excluding carboxylic acids is 1. The number of aryl methyl sites for hydroxylation is 1. The van der Waals surface area contributed by atoms with E-state index in [4.69, 9.17) is 4.74 Å². The fraction of sp³-hybridized carbons (Fsp3) is 0.562. The van der Waals surface area contributed by atoms with Crippen molar-refractivity contribution in [3.05, 3.63) is 27.7 Å². The van der Waals surface area contributed by atoms with Crippen molar-refractivity contribution in [3.63, 3.8) is 0 Å². The van der Waals surface area contributed by atoms with Gasteiger partial charge in [0.05, 0.1) is 12.7 Å². The number of rotatable bonds is 4. The first-order chi connectivity index (χ1) is 8.66. The van der Waals surface area contributed by atoms with Gasteiger partial charge in [0, 0.05) is 10.9 Å². The monoisotopic (exact) mass is 326 g/mol. The Morgan fingerprint density at radius 3 is 2.42 bits per heavy atom. The molecule has 0 saturated carbocycles. The second kappa shape index (κ2) is 6.08. The number of ketones is 1. The second-order valence-electron chi connectivity index (χ2n) is 6.20. The largest absolute Gasteiger partial charge is 0.496 e. The Bertz CT molecular complexity index is 472. The molecule has 1 unspecified atom stereocenters. The van der Waals surface area contributed by atoms with Crippen molar-refractivity contribution in [1.29, 1.82) is 0 Å². The van der Waals surface area contributed by atoms with Crippen LogP contribution in [0.5, 0.6) is 5.75 Å². The lowest BCUT2D eigenvalue weighted by atomic mass is 9.78. The van der Waals surface area contributed by atoms with Crippen LogP contribution in [0, 0.1) is 18.3 Å². The molecule has 0 spiro atoms. The summed E-state index contributed by atoms with van der Waals surface area (Å²) in [6, 6.07) is 3.77. The number of hydrogen-bond donors (Lipinski definition) is 0. The molecule has 1 aromatic carbocycles. The first kappa shape index (κ1) is 16.2. The smallest absolute Gasteiger partial charge is 0.166 e. The van der Waals surface area contributed by atoms with Crippen LogP contribution >= 0.6 is 15.9 Å². The zero-order valence-corrected chi connectivity index (χ0v) is 14.2. The number of ether oxygens (including phenoxy) is 1. The van der Waals surface area contributed by atoms with E-state index in [-0.39, 0.29) is 11.2 Å². The third-order valence-corrected chi connectivity index (χ3v) is 4.61. The minimum Gasteiger partial charge on any atom is -0.496 e. The molecule has 0 aliphatic heterocycles. The second-order valence-corrected chi connectivity index (χ2v) is 7.05. The summed E-state index contributed by atoms with van der Waals surface area (Å²) in [6.45, 7) is 10.6. The molecule has 0 heterocycles. The van der Waals surface area contributed by atoms with Crippen LogP contribution in [-0.2, 0) is 0 Å². The predicted molar refractivity (Wildman–Crippen MR) is 83.0 cm³/mol. The molecule has 1 atom stereocenters. The summed E-state index contributed by atoms with van der Waals surface area (Å²) in [5.41, 5.74) is 1.86. The molecule has 1 aromatic rings. The van der Waals surface area contributed by atoms with Crippen LogP contribution in [0.3, 0.4) is 0 Å². The summed E-state index contributed by atoms with van der Waals surface area (Å²) in [4.78, 5) is 12.4. The molecule has 19 heavy (non-hydrogen) atoms. The molecule has 3 heteroatoms. The van der Waals surface area contributed by atoms with Crippen LogP contribution in [-0.4, -0.2) is 12.9 Å². The lowest BCUT2D eigenvalue weighted by Gasteiger charge is -2.26. The van der Waals surface area contributed by atoms with E-state index in [1.165, 1.54) is 0 Å². The third kappa shape index (κ3) is 4.07. The zero-order chi connectivity index (χ0) is 14.8. The molecule has 0 bridgehead atoms. The number of Topliss-reactive ketones (excluding diaryl/α,β-unsaturated/α-hetero) is 1. The van der Waals surface area contributed by atoms with Gasteiger partial charge in [0.25, 0.3) is 0 Å². The molecule has 106 valence electrons. The van der Waals surface area contributed by atoms with Gasteiger partial charge in [0.15, 0.2) is 5.78 Å². The Balaban J connectivity index is 3.03. The highest BCUT2D eigenvalue weighted by Crippen LogP contribution is 2.32. The molecule has 1 rings (SSSR count). The fourth-order valence-electron chi connectivity index (χ4n) is 1.74. The zero-order valence-electron chi connectivity index (χ0n) is 12.6. The third-order valence-electron chi connectivity index (χ3n) is 3.75. The highest BCUT2D eigenvalue weighted by Gasteiger charge is 2.24. The van der Waals surface area contributed by atoms with E-state index in [9.17, 15) is 4.79 Å². The summed E-state index contributed by atoms with van der Waals surface area (Å²) in [7, 11) is 1.60. The fourth-order valence-corrected chi connectivity index (χ4v) is 2.08. The van der Waals surface area contributed by atoms with Gasteiger partial charge in [-0.05, 0) is 36.0 Å². The Hall–Kier alpha value is -0.830. The van der Waals surface area contributed by atoms with Gasteiger partial charge in [-0.1, -0.05) is 43.6 Å². The SMILES string of the molecule is COc1cc(C)c(Br)cc1C(=O)CC(C)C(C)(C)C. The van der Waals surface area contributed by atoms with E-state index >= 15 is 0 Å². The van der Waals surface area contributed by atoms with Gasteiger partial charge in [0.2, 0.25) is 0 Å². The number of benzene rings is 1. The van der Waals surface area contributed by atoms with Gasteiger partial charge in [0.1, 0.15) is 5.75 Å². The summed E-state index contributed by atoms with van der Waals surface area (Å²) in [5.74, 6) is 1.12. The van der Waals surface area contributed by atoms with Crippen molar-refractivity contribution in [2.24, 2.45) is 11.3 Å². The molecule has 2 nitrogen and oxygen atoms in total. The molecule has 0 aliphatic rings. The minimum absolute atomic E-state index is 0.130. The molecule has 0 aromatic heterocycles. The van der Waals surface area contributed by atoms with Crippen LogP contribution in [0.15, 0.2) is 16.6 Å². The molecule has 0 aliphatic carbocycles. The molecular weight excluding hydrogens is 304 g/mol. The van der Waals surface area contributed by atoms with Crippen LogP contribution in [0.1, 0.15) is 50.0 Å². The maximum atomic E-state index is 12.4. The van der Waals surface area contributed by atoms with Gasteiger partial charge in [-0.3, -0.25) is 4.79 Å². The van der Waals surface area contributed by atoms with Crippen molar-refractivity contribution in [1.82, 2.24) is 0 Å². The van der Waals surface area contributed by atoms with Gasteiger partial charge >= 0.3 is 0 Å². The average Bonchev–Trinajstić information content (AvgIpc) is 2.30. The number of methoxy groups -OCH3 is 1. The molecule has 0 radical (unpaired) electrons. The lowest BCUT2D eigenvalue weighted by Crippen LogP contribution is -2.20. The van der Waals surface area contributed by atoms with E-state index < -0.39 is 0 Å². The number of carbonyl (C=O) groups is 1. The van der Waals surface area contributed by atoms with Gasteiger partial charge in [-0.15, -0.1) is 0 Å².